The number of carbonyl (C=O) groups is 1. The molecule has 102 valence electrons. The Hall–Kier alpha value is -1.08. The summed E-state index contributed by atoms with van der Waals surface area (Å²) in [6, 6.07) is 2.28. The molecule has 1 aliphatic carbocycles. The molecule has 0 aliphatic heterocycles. The fourth-order valence-electron chi connectivity index (χ4n) is 2.41. The zero-order chi connectivity index (χ0) is 13.4. The molecule has 0 atom stereocenters. The summed E-state index contributed by atoms with van der Waals surface area (Å²) in [7, 11) is 2.03. The van der Waals surface area contributed by atoms with Gasteiger partial charge >= 0.3 is 0 Å². The van der Waals surface area contributed by atoms with Crippen molar-refractivity contribution in [3.63, 3.8) is 0 Å². The van der Waals surface area contributed by atoms with Crippen LogP contribution in [0.1, 0.15) is 45.4 Å². The predicted octanol–water partition coefficient (Wildman–Crippen LogP) is 1.92. The lowest BCUT2D eigenvalue weighted by Gasteiger charge is -2.24. The lowest BCUT2D eigenvalue weighted by atomic mass is 9.81. The van der Waals surface area contributed by atoms with Gasteiger partial charge in [-0.15, -0.1) is 0 Å². The van der Waals surface area contributed by atoms with Gasteiger partial charge in [-0.2, -0.15) is 5.26 Å². The third-order valence-corrected chi connectivity index (χ3v) is 3.92. The third-order valence-electron chi connectivity index (χ3n) is 3.92. The molecule has 0 unspecified atom stereocenters. The number of hydrogen-bond acceptors (Lipinski definition) is 3. The summed E-state index contributed by atoms with van der Waals surface area (Å²) in [6.07, 6.45) is 5.73. The van der Waals surface area contributed by atoms with Crippen molar-refractivity contribution in [2.75, 3.05) is 26.7 Å². The van der Waals surface area contributed by atoms with Crippen molar-refractivity contribution in [1.29, 1.82) is 5.26 Å². The van der Waals surface area contributed by atoms with Gasteiger partial charge in [0.2, 0.25) is 5.91 Å². The molecule has 1 aliphatic rings. The summed E-state index contributed by atoms with van der Waals surface area (Å²) in [6.45, 7) is 4.53. The maximum atomic E-state index is 12.2. The van der Waals surface area contributed by atoms with Crippen LogP contribution in [0.25, 0.3) is 0 Å². The molecule has 0 bridgehead atoms. The first kappa shape index (κ1) is 15.0. The molecule has 0 saturated heterocycles. The van der Waals surface area contributed by atoms with E-state index in [1.807, 2.05) is 7.05 Å². The maximum Gasteiger partial charge on any atom is 0.240 e. The molecule has 0 aromatic heterocycles. The highest BCUT2D eigenvalue weighted by atomic mass is 16.2. The van der Waals surface area contributed by atoms with Crippen LogP contribution in [-0.4, -0.2) is 37.5 Å². The average molecular weight is 251 g/mol. The van der Waals surface area contributed by atoms with Gasteiger partial charge in [0, 0.05) is 13.1 Å². The van der Waals surface area contributed by atoms with Crippen molar-refractivity contribution in [3.05, 3.63) is 0 Å². The summed E-state index contributed by atoms with van der Waals surface area (Å²) >= 11 is 0. The molecule has 1 saturated carbocycles. The first-order valence-corrected chi connectivity index (χ1v) is 7.03. The molecule has 0 radical (unpaired) electrons. The first-order chi connectivity index (χ1) is 8.64. The van der Waals surface area contributed by atoms with Crippen LogP contribution < -0.4 is 5.32 Å². The topological polar surface area (TPSA) is 56.1 Å². The molecular weight excluding hydrogens is 226 g/mol. The summed E-state index contributed by atoms with van der Waals surface area (Å²) < 4.78 is 0. The molecule has 1 rings (SSSR count). The van der Waals surface area contributed by atoms with Crippen LogP contribution in [0.15, 0.2) is 0 Å². The van der Waals surface area contributed by atoms with Gasteiger partial charge in [-0.1, -0.05) is 32.6 Å². The number of nitrogens with zero attached hydrogens (tertiary/aromatic N) is 2. The van der Waals surface area contributed by atoms with Crippen molar-refractivity contribution in [2.24, 2.45) is 5.41 Å². The summed E-state index contributed by atoms with van der Waals surface area (Å²) in [4.78, 5) is 14.4. The van der Waals surface area contributed by atoms with Gasteiger partial charge in [0.05, 0.1) is 6.07 Å². The van der Waals surface area contributed by atoms with E-state index in [1.165, 1.54) is 0 Å². The second-order valence-corrected chi connectivity index (χ2v) is 5.26. The smallest absolute Gasteiger partial charge is 0.240 e. The zero-order valence-corrected chi connectivity index (χ0v) is 11.7. The molecule has 4 heteroatoms. The van der Waals surface area contributed by atoms with E-state index >= 15 is 0 Å². The highest BCUT2D eigenvalue weighted by Crippen LogP contribution is 2.34. The van der Waals surface area contributed by atoms with E-state index in [4.69, 9.17) is 0 Å². The fraction of sp³-hybridized carbons (Fsp3) is 0.857. The largest absolute Gasteiger partial charge is 0.353 e. The molecule has 1 N–H and O–H groups in total. The number of nitriles is 1. The van der Waals surface area contributed by atoms with Crippen LogP contribution in [0.3, 0.4) is 0 Å². The van der Waals surface area contributed by atoms with Crippen LogP contribution in [0.5, 0.6) is 0 Å². The van der Waals surface area contributed by atoms with E-state index in [2.05, 4.69) is 23.2 Å². The Morgan fingerprint density at radius 3 is 2.44 bits per heavy atom. The highest BCUT2D eigenvalue weighted by Gasteiger charge is 2.38. The van der Waals surface area contributed by atoms with Gasteiger partial charge in [0.15, 0.2) is 0 Å². The van der Waals surface area contributed by atoms with Crippen LogP contribution in [0.4, 0.5) is 0 Å². The number of amides is 1. The molecule has 1 fully saturated rings. The van der Waals surface area contributed by atoms with Crippen LogP contribution >= 0.6 is 0 Å². The molecule has 0 spiro atoms. The Balaban J connectivity index is 2.48. The Bertz CT molecular complexity index is 301. The van der Waals surface area contributed by atoms with Gasteiger partial charge in [-0.25, -0.2) is 0 Å². The summed E-state index contributed by atoms with van der Waals surface area (Å²) in [5.41, 5.74) is -0.763. The Labute approximate surface area is 110 Å². The molecule has 0 heterocycles. The predicted molar refractivity (Wildman–Crippen MR) is 71.9 cm³/mol. The molecule has 18 heavy (non-hydrogen) atoms. The lowest BCUT2D eigenvalue weighted by molar-refractivity contribution is -0.128. The maximum absolute atomic E-state index is 12.2. The second kappa shape index (κ2) is 7.38. The number of carbonyl (C=O) groups excluding carboxylic acids is 1. The average Bonchev–Trinajstić information content (AvgIpc) is 2.64. The molecule has 0 aromatic carbocycles. The summed E-state index contributed by atoms with van der Waals surface area (Å²) in [5, 5.41) is 12.3. The minimum absolute atomic E-state index is 0.0589. The highest BCUT2D eigenvalue weighted by molar-refractivity contribution is 5.85. The first-order valence-electron chi connectivity index (χ1n) is 7.03. The Morgan fingerprint density at radius 1 is 1.33 bits per heavy atom. The Morgan fingerprint density at radius 2 is 1.94 bits per heavy atom. The molecule has 4 nitrogen and oxygen atoms in total. The van der Waals surface area contributed by atoms with Crippen molar-refractivity contribution >= 4 is 5.91 Å². The van der Waals surface area contributed by atoms with Gasteiger partial charge in [-0.05, 0) is 26.4 Å². The normalized spacial score (nSPS) is 19.0. The van der Waals surface area contributed by atoms with E-state index in [9.17, 15) is 10.1 Å². The van der Waals surface area contributed by atoms with Crippen molar-refractivity contribution in [2.45, 2.75) is 45.4 Å². The zero-order valence-electron chi connectivity index (χ0n) is 11.7. The number of hydrogen-bond donors (Lipinski definition) is 1. The monoisotopic (exact) mass is 251 g/mol. The van der Waals surface area contributed by atoms with Crippen molar-refractivity contribution < 1.29 is 4.79 Å². The van der Waals surface area contributed by atoms with Gasteiger partial charge < -0.3 is 10.2 Å². The second-order valence-electron chi connectivity index (χ2n) is 5.26. The van der Waals surface area contributed by atoms with Crippen LogP contribution in [-0.2, 0) is 4.79 Å². The number of likely N-dealkylation sites (N-methyl/N-ethyl adjacent to an activating group) is 1. The number of nitrogens with one attached hydrogen (secondary N) is 1. The van der Waals surface area contributed by atoms with E-state index in [-0.39, 0.29) is 5.91 Å². The molecule has 0 aromatic rings. The fourth-order valence-corrected chi connectivity index (χ4v) is 2.41. The van der Waals surface area contributed by atoms with E-state index in [1.54, 1.807) is 0 Å². The SMILES string of the molecule is CCN(C)CCNC(=O)C1(C#N)CCCCCC1. The van der Waals surface area contributed by atoms with E-state index in [0.29, 0.717) is 6.54 Å². The Kier molecular flexibility index (Phi) is 6.14. The van der Waals surface area contributed by atoms with Gasteiger partial charge in [0.1, 0.15) is 5.41 Å². The van der Waals surface area contributed by atoms with Gasteiger partial charge in [-0.3, -0.25) is 4.79 Å². The minimum Gasteiger partial charge on any atom is -0.353 e. The quantitative estimate of drug-likeness (QED) is 0.759. The van der Waals surface area contributed by atoms with Crippen LogP contribution in [0.2, 0.25) is 0 Å². The lowest BCUT2D eigenvalue weighted by Crippen LogP contribution is -2.42. The number of rotatable bonds is 5. The summed E-state index contributed by atoms with van der Waals surface area (Å²) in [5.74, 6) is -0.0589. The van der Waals surface area contributed by atoms with E-state index < -0.39 is 5.41 Å². The third kappa shape index (κ3) is 3.99. The van der Waals surface area contributed by atoms with Crippen molar-refractivity contribution in [1.82, 2.24) is 10.2 Å². The van der Waals surface area contributed by atoms with Gasteiger partial charge in [0.25, 0.3) is 0 Å². The van der Waals surface area contributed by atoms with E-state index in [0.717, 1.165) is 51.6 Å². The molecule has 1 amide bonds. The van der Waals surface area contributed by atoms with Crippen LogP contribution in [0, 0.1) is 16.7 Å². The van der Waals surface area contributed by atoms with Crippen molar-refractivity contribution in [3.8, 4) is 6.07 Å². The minimum atomic E-state index is -0.763. The molecular formula is C14H25N3O. The standard InChI is InChI=1S/C14H25N3O/c1-3-17(2)11-10-16-13(18)14(12-15)8-6-4-5-7-9-14/h3-11H2,1-2H3,(H,16,18).